The smallest absolute Gasteiger partial charge is 0.129 e. The Bertz CT molecular complexity index is 321. The van der Waals surface area contributed by atoms with E-state index in [4.69, 9.17) is 5.11 Å². The predicted molar refractivity (Wildman–Crippen MR) is 51.1 cm³/mol. The molecule has 0 radical (unpaired) electrons. The highest BCUT2D eigenvalue weighted by Gasteiger charge is 2.23. The second kappa shape index (κ2) is 4.05. The van der Waals surface area contributed by atoms with Crippen molar-refractivity contribution in [1.29, 1.82) is 0 Å². The van der Waals surface area contributed by atoms with Crippen molar-refractivity contribution in [3.63, 3.8) is 0 Å². The summed E-state index contributed by atoms with van der Waals surface area (Å²) in [4.78, 5) is 0. The Morgan fingerprint density at radius 1 is 1.29 bits per heavy atom. The highest BCUT2D eigenvalue weighted by Crippen LogP contribution is 2.29. The Balaban J connectivity index is 3.06. The zero-order valence-electron chi connectivity index (χ0n) is 8.35. The summed E-state index contributed by atoms with van der Waals surface area (Å²) >= 11 is 0. The molecule has 1 nitrogen and oxygen atoms in total. The quantitative estimate of drug-likeness (QED) is 0.795. The van der Waals surface area contributed by atoms with Crippen LogP contribution in [0, 0.1) is 11.6 Å². The number of hydrogen-bond acceptors (Lipinski definition) is 1. The highest BCUT2D eigenvalue weighted by molar-refractivity contribution is 5.26. The molecule has 0 aliphatic carbocycles. The molecular formula is C11H14F2O. The van der Waals surface area contributed by atoms with Crippen LogP contribution in [0.5, 0.6) is 0 Å². The van der Waals surface area contributed by atoms with Crippen LogP contribution in [0.3, 0.4) is 0 Å². The molecule has 0 aromatic heterocycles. The van der Waals surface area contributed by atoms with Gasteiger partial charge in [-0.15, -0.1) is 0 Å². The average Bonchev–Trinajstić information content (AvgIpc) is 2.02. The van der Waals surface area contributed by atoms with Gasteiger partial charge in [-0.3, -0.25) is 0 Å². The van der Waals surface area contributed by atoms with Gasteiger partial charge in [-0.05, 0) is 23.5 Å². The van der Waals surface area contributed by atoms with Gasteiger partial charge in [0.1, 0.15) is 11.6 Å². The number of aliphatic hydroxyl groups is 1. The molecule has 0 heterocycles. The summed E-state index contributed by atoms with van der Waals surface area (Å²) in [5.74, 6) is -1.13. The summed E-state index contributed by atoms with van der Waals surface area (Å²) in [5.41, 5.74) is -0.0278. The number of benzene rings is 1. The monoisotopic (exact) mass is 200 g/mol. The van der Waals surface area contributed by atoms with E-state index in [2.05, 4.69) is 0 Å². The minimum Gasteiger partial charge on any atom is -0.396 e. The number of halogens is 2. The van der Waals surface area contributed by atoms with Crippen LogP contribution in [0.4, 0.5) is 8.78 Å². The molecule has 0 aliphatic rings. The van der Waals surface area contributed by atoms with Crippen molar-refractivity contribution < 1.29 is 13.9 Å². The van der Waals surface area contributed by atoms with Gasteiger partial charge in [-0.2, -0.15) is 0 Å². The number of hydrogen-bond donors (Lipinski definition) is 1. The molecule has 1 aromatic carbocycles. The van der Waals surface area contributed by atoms with Crippen LogP contribution in [0.25, 0.3) is 0 Å². The molecule has 1 aromatic rings. The van der Waals surface area contributed by atoms with Crippen LogP contribution in [-0.4, -0.2) is 11.7 Å². The summed E-state index contributed by atoms with van der Waals surface area (Å²) < 4.78 is 26.0. The molecule has 14 heavy (non-hydrogen) atoms. The second-order valence-electron chi connectivity index (χ2n) is 3.98. The van der Waals surface area contributed by atoms with E-state index in [1.807, 2.05) is 13.8 Å². The van der Waals surface area contributed by atoms with E-state index in [0.717, 1.165) is 6.07 Å². The van der Waals surface area contributed by atoms with E-state index >= 15 is 0 Å². The molecule has 0 bridgehead atoms. The Morgan fingerprint density at radius 3 is 2.43 bits per heavy atom. The SMILES string of the molecule is CC(C)(CCO)c1ccc(F)cc1F. The largest absolute Gasteiger partial charge is 0.396 e. The van der Waals surface area contributed by atoms with Crippen molar-refractivity contribution in [2.24, 2.45) is 0 Å². The van der Waals surface area contributed by atoms with Gasteiger partial charge >= 0.3 is 0 Å². The minimum atomic E-state index is -0.578. The topological polar surface area (TPSA) is 20.2 Å². The lowest BCUT2D eigenvalue weighted by Gasteiger charge is -2.24. The molecule has 0 saturated carbocycles. The minimum absolute atomic E-state index is 0.0101. The highest BCUT2D eigenvalue weighted by atomic mass is 19.1. The first-order chi connectivity index (χ1) is 6.47. The maximum absolute atomic E-state index is 13.3. The van der Waals surface area contributed by atoms with Crippen molar-refractivity contribution in [2.75, 3.05) is 6.61 Å². The molecule has 1 N–H and O–H groups in total. The van der Waals surface area contributed by atoms with Crippen LogP contribution in [0.1, 0.15) is 25.8 Å². The summed E-state index contributed by atoms with van der Waals surface area (Å²) in [5, 5.41) is 8.81. The van der Waals surface area contributed by atoms with E-state index < -0.39 is 17.0 Å². The maximum Gasteiger partial charge on any atom is 0.129 e. The first-order valence-corrected chi connectivity index (χ1v) is 4.54. The van der Waals surface area contributed by atoms with Gasteiger partial charge in [0.25, 0.3) is 0 Å². The molecule has 0 saturated heterocycles. The molecule has 0 aliphatic heterocycles. The van der Waals surface area contributed by atoms with E-state index in [9.17, 15) is 8.78 Å². The molecule has 0 unspecified atom stereocenters. The van der Waals surface area contributed by atoms with Gasteiger partial charge in [0.05, 0.1) is 0 Å². The third kappa shape index (κ3) is 2.29. The van der Waals surface area contributed by atoms with Crippen LogP contribution in [0.2, 0.25) is 0 Å². The molecule has 0 fully saturated rings. The van der Waals surface area contributed by atoms with Gasteiger partial charge in [0.2, 0.25) is 0 Å². The lowest BCUT2D eigenvalue weighted by Crippen LogP contribution is -2.20. The molecule has 0 spiro atoms. The number of aliphatic hydroxyl groups excluding tert-OH is 1. The standard InChI is InChI=1S/C11H14F2O/c1-11(2,5-6-14)9-4-3-8(12)7-10(9)13/h3-4,7,14H,5-6H2,1-2H3. The predicted octanol–water partition coefficient (Wildman–Crippen LogP) is 2.62. The van der Waals surface area contributed by atoms with E-state index in [0.29, 0.717) is 12.0 Å². The Kier molecular flexibility index (Phi) is 3.21. The molecule has 3 heteroatoms. The normalized spacial score (nSPS) is 11.8. The molecular weight excluding hydrogens is 186 g/mol. The zero-order chi connectivity index (χ0) is 10.8. The summed E-state index contributed by atoms with van der Waals surface area (Å²) in [6.45, 7) is 3.63. The van der Waals surface area contributed by atoms with E-state index in [1.54, 1.807) is 0 Å². The van der Waals surface area contributed by atoms with Gasteiger partial charge in [0.15, 0.2) is 0 Å². The van der Waals surface area contributed by atoms with Gasteiger partial charge < -0.3 is 5.11 Å². The Morgan fingerprint density at radius 2 is 1.93 bits per heavy atom. The van der Waals surface area contributed by atoms with Gasteiger partial charge in [0, 0.05) is 12.7 Å². The van der Waals surface area contributed by atoms with Crippen LogP contribution < -0.4 is 0 Å². The first kappa shape index (κ1) is 11.1. The van der Waals surface area contributed by atoms with E-state index in [-0.39, 0.29) is 6.61 Å². The second-order valence-corrected chi connectivity index (χ2v) is 3.98. The fourth-order valence-electron chi connectivity index (χ4n) is 1.45. The van der Waals surface area contributed by atoms with Crippen molar-refractivity contribution in [1.82, 2.24) is 0 Å². The van der Waals surface area contributed by atoms with Crippen molar-refractivity contribution in [3.05, 3.63) is 35.4 Å². The lowest BCUT2D eigenvalue weighted by molar-refractivity contribution is 0.250. The molecule has 0 atom stereocenters. The summed E-state index contributed by atoms with van der Waals surface area (Å²) in [6.07, 6.45) is 0.454. The first-order valence-electron chi connectivity index (χ1n) is 4.54. The zero-order valence-corrected chi connectivity index (χ0v) is 8.35. The van der Waals surface area contributed by atoms with Gasteiger partial charge in [-0.1, -0.05) is 19.9 Å². The Labute approximate surface area is 82.4 Å². The molecule has 1 rings (SSSR count). The fourth-order valence-corrected chi connectivity index (χ4v) is 1.45. The van der Waals surface area contributed by atoms with Crippen molar-refractivity contribution in [2.45, 2.75) is 25.7 Å². The van der Waals surface area contributed by atoms with E-state index in [1.165, 1.54) is 12.1 Å². The molecule has 78 valence electrons. The maximum atomic E-state index is 13.3. The van der Waals surface area contributed by atoms with Crippen molar-refractivity contribution >= 4 is 0 Å². The number of rotatable bonds is 3. The van der Waals surface area contributed by atoms with Gasteiger partial charge in [-0.25, -0.2) is 8.78 Å². The van der Waals surface area contributed by atoms with Crippen LogP contribution >= 0.6 is 0 Å². The third-order valence-corrected chi connectivity index (χ3v) is 2.40. The van der Waals surface area contributed by atoms with Crippen molar-refractivity contribution in [3.8, 4) is 0 Å². The van der Waals surface area contributed by atoms with Crippen LogP contribution in [0.15, 0.2) is 18.2 Å². The Hall–Kier alpha value is -0.960. The summed E-state index contributed by atoms with van der Waals surface area (Å²) in [7, 11) is 0. The third-order valence-electron chi connectivity index (χ3n) is 2.40. The summed E-state index contributed by atoms with van der Waals surface area (Å²) in [6, 6.07) is 3.53. The van der Waals surface area contributed by atoms with Crippen LogP contribution in [-0.2, 0) is 5.41 Å². The fraction of sp³-hybridized carbons (Fsp3) is 0.455. The average molecular weight is 200 g/mol. The lowest BCUT2D eigenvalue weighted by atomic mass is 9.81. The molecule has 0 amide bonds.